The van der Waals surface area contributed by atoms with Crippen LogP contribution in [0.25, 0.3) is 0 Å². The topological polar surface area (TPSA) is 72.2 Å². The quantitative estimate of drug-likeness (QED) is 0.821. The van der Waals surface area contributed by atoms with E-state index in [1.54, 1.807) is 6.92 Å². The lowest BCUT2D eigenvalue weighted by molar-refractivity contribution is 0.285. The minimum atomic E-state index is -3.55. The van der Waals surface area contributed by atoms with E-state index in [0.29, 0.717) is 17.8 Å². The van der Waals surface area contributed by atoms with Crippen molar-refractivity contribution in [3.05, 3.63) is 23.3 Å². The Morgan fingerprint density at radius 2 is 1.76 bits per heavy atom. The van der Waals surface area contributed by atoms with Crippen molar-refractivity contribution in [2.45, 2.75) is 57.8 Å². The number of aryl methyl sites for hydroxylation is 2. The van der Waals surface area contributed by atoms with Crippen LogP contribution >= 0.6 is 0 Å². The van der Waals surface area contributed by atoms with Crippen molar-refractivity contribution in [2.75, 3.05) is 12.3 Å². The summed E-state index contributed by atoms with van der Waals surface area (Å²) in [6.45, 7) is 6.28. The van der Waals surface area contributed by atoms with Crippen molar-refractivity contribution in [2.24, 2.45) is 5.41 Å². The molecule has 0 saturated heterocycles. The molecular weight excluding hydrogens is 284 g/mol. The van der Waals surface area contributed by atoms with Crippen LogP contribution < -0.4 is 10.5 Å². The second-order valence-electron chi connectivity index (χ2n) is 6.33. The van der Waals surface area contributed by atoms with Crippen molar-refractivity contribution < 1.29 is 8.42 Å². The number of benzene rings is 1. The summed E-state index contributed by atoms with van der Waals surface area (Å²) in [5.74, 6) is 0. The lowest BCUT2D eigenvalue weighted by Gasteiger charge is -2.28. The monoisotopic (exact) mass is 310 g/mol. The highest BCUT2D eigenvalue weighted by Gasteiger charge is 2.34. The third kappa shape index (κ3) is 3.24. The van der Waals surface area contributed by atoms with E-state index in [0.717, 1.165) is 24.8 Å². The van der Waals surface area contributed by atoms with Crippen LogP contribution in [0.2, 0.25) is 0 Å². The summed E-state index contributed by atoms with van der Waals surface area (Å²) in [6, 6.07) is 3.67. The molecule has 3 N–H and O–H groups in total. The molecule has 0 heterocycles. The lowest BCUT2D eigenvalue weighted by atomic mass is 9.84. The first-order valence-electron chi connectivity index (χ1n) is 7.67. The summed E-state index contributed by atoms with van der Waals surface area (Å²) in [7, 11) is -3.55. The number of nitrogen functional groups attached to an aromatic ring is 1. The average molecular weight is 310 g/mol. The fraction of sp³-hybridized carbons (Fsp3) is 0.625. The molecular formula is C16H26N2O2S. The first kappa shape index (κ1) is 16.3. The van der Waals surface area contributed by atoms with Gasteiger partial charge in [-0.1, -0.05) is 31.9 Å². The average Bonchev–Trinajstić information content (AvgIpc) is 2.91. The molecule has 1 aromatic carbocycles. The summed E-state index contributed by atoms with van der Waals surface area (Å²) in [5.41, 5.74) is 7.98. The van der Waals surface area contributed by atoms with Crippen LogP contribution in [-0.2, 0) is 10.0 Å². The Morgan fingerprint density at radius 1 is 1.19 bits per heavy atom. The zero-order valence-electron chi connectivity index (χ0n) is 13.2. The molecule has 1 fully saturated rings. The third-order valence-corrected chi connectivity index (χ3v) is 6.53. The molecule has 1 aromatic rings. The highest BCUT2D eigenvalue weighted by Crippen LogP contribution is 2.40. The molecule has 1 aliphatic carbocycles. The van der Waals surface area contributed by atoms with Gasteiger partial charge < -0.3 is 5.73 Å². The van der Waals surface area contributed by atoms with Crippen LogP contribution in [0.15, 0.2) is 17.0 Å². The fourth-order valence-corrected chi connectivity index (χ4v) is 4.85. The van der Waals surface area contributed by atoms with Gasteiger partial charge in [0.25, 0.3) is 0 Å². The van der Waals surface area contributed by atoms with E-state index >= 15 is 0 Å². The predicted octanol–water partition coefficient (Wildman–Crippen LogP) is 3.13. The smallest absolute Gasteiger partial charge is 0.242 e. The molecule has 2 rings (SSSR count). The highest BCUT2D eigenvalue weighted by atomic mass is 32.2. The van der Waals surface area contributed by atoms with Gasteiger partial charge in [-0.2, -0.15) is 0 Å². The van der Waals surface area contributed by atoms with Crippen molar-refractivity contribution in [1.29, 1.82) is 0 Å². The maximum atomic E-state index is 12.6. The van der Waals surface area contributed by atoms with Gasteiger partial charge in [0.2, 0.25) is 10.0 Å². The molecule has 5 heteroatoms. The van der Waals surface area contributed by atoms with Gasteiger partial charge in [0.05, 0.1) is 5.69 Å². The summed E-state index contributed by atoms with van der Waals surface area (Å²) < 4.78 is 28.1. The van der Waals surface area contributed by atoms with Crippen LogP contribution in [0, 0.1) is 19.3 Å². The first-order chi connectivity index (χ1) is 9.81. The summed E-state index contributed by atoms with van der Waals surface area (Å²) in [6.07, 6.45) is 5.61. The van der Waals surface area contributed by atoms with Crippen LogP contribution in [0.4, 0.5) is 5.69 Å². The van der Waals surface area contributed by atoms with E-state index in [9.17, 15) is 8.42 Å². The summed E-state index contributed by atoms with van der Waals surface area (Å²) in [4.78, 5) is 0.242. The summed E-state index contributed by atoms with van der Waals surface area (Å²) >= 11 is 0. The molecule has 0 spiro atoms. The van der Waals surface area contributed by atoms with Crippen LogP contribution in [-0.4, -0.2) is 15.0 Å². The predicted molar refractivity (Wildman–Crippen MR) is 86.7 cm³/mol. The number of nitrogens with two attached hydrogens (primary N) is 1. The number of hydrogen-bond donors (Lipinski definition) is 2. The van der Waals surface area contributed by atoms with E-state index in [-0.39, 0.29) is 10.3 Å². The highest BCUT2D eigenvalue weighted by molar-refractivity contribution is 7.89. The number of anilines is 1. The molecule has 0 radical (unpaired) electrons. The molecule has 0 amide bonds. The maximum absolute atomic E-state index is 12.6. The van der Waals surface area contributed by atoms with Crippen molar-refractivity contribution in [1.82, 2.24) is 4.72 Å². The van der Waals surface area contributed by atoms with E-state index in [4.69, 9.17) is 5.73 Å². The minimum absolute atomic E-state index is 0.125. The Balaban J connectivity index is 2.25. The van der Waals surface area contributed by atoms with Crippen LogP contribution in [0.1, 0.15) is 50.2 Å². The SMILES string of the molecule is CCC1(CNS(=O)(=O)c2c(C)ccc(C)c2N)CCCC1. The molecule has 0 bridgehead atoms. The van der Waals surface area contributed by atoms with Gasteiger partial charge in [0, 0.05) is 6.54 Å². The Hall–Kier alpha value is -1.07. The lowest BCUT2D eigenvalue weighted by Crippen LogP contribution is -2.36. The van der Waals surface area contributed by atoms with Gasteiger partial charge in [-0.15, -0.1) is 0 Å². The molecule has 118 valence electrons. The Labute approximate surface area is 128 Å². The molecule has 0 aliphatic heterocycles. The van der Waals surface area contributed by atoms with Gasteiger partial charge in [-0.25, -0.2) is 13.1 Å². The minimum Gasteiger partial charge on any atom is -0.397 e. The molecule has 21 heavy (non-hydrogen) atoms. The van der Waals surface area contributed by atoms with Crippen LogP contribution in [0.5, 0.6) is 0 Å². The van der Waals surface area contributed by atoms with E-state index in [2.05, 4.69) is 11.6 Å². The normalized spacial score (nSPS) is 18.0. The summed E-state index contributed by atoms with van der Waals surface area (Å²) in [5, 5.41) is 0. The molecule has 1 saturated carbocycles. The second kappa shape index (κ2) is 5.97. The van der Waals surface area contributed by atoms with E-state index in [1.165, 1.54) is 12.8 Å². The molecule has 4 nitrogen and oxygen atoms in total. The Bertz CT molecular complexity index is 617. The maximum Gasteiger partial charge on any atom is 0.242 e. The number of hydrogen-bond acceptors (Lipinski definition) is 3. The van der Waals surface area contributed by atoms with E-state index < -0.39 is 10.0 Å². The van der Waals surface area contributed by atoms with Gasteiger partial charge in [-0.3, -0.25) is 0 Å². The molecule has 0 unspecified atom stereocenters. The molecule has 0 aromatic heterocycles. The number of sulfonamides is 1. The van der Waals surface area contributed by atoms with Gasteiger partial charge >= 0.3 is 0 Å². The van der Waals surface area contributed by atoms with Crippen LogP contribution in [0.3, 0.4) is 0 Å². The van der Waals surface area contributed by atoms with Crippen molar-refractivity contribution in [3.63, 3.8) is 0 Å². The molecule has 0 atom stereocenters. The van der Waals surface area contributed by atoms with E-state index in [1.807, 2.05) is 19.1 Å². The number of rotatable bonds is 5. The van der Waals surface area contributed by atoms with Crippen molar-refractivity contribution >= 4 is 15.7 Å². The van der Waals surface area contributed by atoms with Gasteiger partial charge in [0.1, 0.15) is 4.90 Å². The second-order valence-corrected chi connectivity index (χ2v) is 8.03. The molecule has 1 aliphatic rings. The van der Waals surface area contributed by atoms with Gasteiger partial charge in [0.15, 0.2) is 0 Å². The van der Waals surface area contributed by atoms with Crippen molar-refractivity contribution in [3.8, 4) is 0 Å². The largest absolute Gasteiger partial charge is 0.397 e. The van der Waals surface area contributed by atoms with Gasteiger partial charge in [-0.05, 0) is 49.7 Å². The fourth-order valence-electron chi connectivity index (χ4n) is 3.26. The first-order valence-corrected chi connectivity index (χ1v) is 9.15. The Morgan fingerprint density at radius 3 is 2.33 bits per heavy atom. The number of nitrogens with one attached hydrogen (secondary N) is 1. The standard InChI is InChI=1S/C16H26N2O2S/c1-4-16(9-5-6-10-16)11-18-21(19,20)15-13(3)8-7-12(2)14(15)17/h7-8,18H,4-6,9-11,17H2,1-3H3. The Kier molecular flexibility index (Phi) is 4.63. The zero-order valence-corrected chi connectivity index (χ0v) is 14.0. The zero-order chi connectivity index (χ0) is 15.7. The third-order valence-electron chi connectivity index (χ3n) is 4.93.